The molecule has 94 valence electrons. The van der Waals surface area contributed by atoms with Crippen LogP contribution in [0.15, 0.2) is 42.6 Å². The predicted molar refractivity (Wildman–Crippen MR) is 71.8 cm³/mol. The first-order chi connectivity index (χ1) is 8.70. The first-order valence-corrected chi connectivity index (χ1v) is 5.90. The molecule has 0 spiro atoms. The van der Waals surface area contributed by atoms with Crippen molar-refractivity contribution >= 4 is 11.4 Å². The number of nitrogens with two attached hydrogens (primary N) is 1. The molecule has 0 aliphatic heterocycles. The van der Waals surface area contributed by atoms with Crippen LogP contribution in [0, 0.1) is 5.82 Å². The second-order valence-electron chi connectivity index (χ2n) is 4.05. The van der Waals surface area contributed by atoms with Crippen LogP contribution >= 0.6 is 0 Å². The van der Waals surface area contributed by atoms with Gasteiger partial charge in [0.05, 0.1) is 17.9 Å². The molecule has 0 aliphatic rings. The molecule has 1 aromatic carbocycles. The number of hydrogen-bond donors (Lipinski definition) is 1. The van der Waals surface area contributed by atoms with E-state index in [9.17, 15) is 4.39 Å². The molecule has 0 saturated carbocycles. The second kappa shape index (κ2) is 5.49. The smallest absolute Gasteiger partial charge is 0.146 e. The molecule has 2 N–H and O–H groups in total. The largest absolute Gasteiger partial charge is 0.399 e. The van der Waals surface area contributed by atoms with Crippen LogP contribution in [-0.4, -0.2) is 11.5 Å². The van der Waals surface area contributed by atoms with Gasteiger partial charge in [0.2, 0.25) is 0 Å². The van der Waals surface area contributed by atoms with Gasteiger partial charge in [-0.25, -0.2) is 4.39 Å². The summed E-state index contributed by atoms with van der Waals surface area (Å²) in [7, 11) is 0. The summed E-state index contributed by atoms with van der Waals surface area (Å²) in [6, 6.07) is 10.3. The monoisotopic (exact) mass is 245 g/mol. The number of pyridine rings is 1. The van der Waals surface area contributed by atoms with E-state index in [1.54, 1.807) is 24.4 Å². The number of nitrogens with zero attached hydrogens (tertiary/aromatic N) is 2. The highest BCUT2D eigenvalue weighted by atomic mass is 19.1. The van der Waals surface area contributed by atoms with Crippen LogP contribution < -0.4 is 10.6 Å². The number of nitrogen functional groups attached to an aromatic ring is 1. The molecule has 0 radical (unpaired) electrons. The van der Waals surface area contributed by atoms with E-state index >= 15 is 0 Å². The number of anilines is 2. The van der Waals surface area contributed by atoms with Crippen LogP contribution in [0.1, 0.15) is 12.6 Å². The minimum atomic E-state index is -0.219. The van der Waals surface area contributed by atoms with E-state index in [4.69, 9.17) is 5.73 Å². The lowest BCUT2D eigenvalue weighted by atomic mass is 10.2. The van der Waals surface area contributed by atoms with E-state index in [1.807, 2.05) is 24.0 Å². The van der Waals surface area contributed by atoms with Gasteiger partial charge in [-0.1, -0.05) is 12.1 Å². The van der Waals surface area contributed by atoms with Gasteiger partial charge in [0, 0.05) is 18.4 Å². The molecular formula is C14H16FN3. The third kappa shape index (κ3) is 2.77. The Labute approximate surface area is 106 Å². The minimum Gasteiger partial charge on any atom is -0.399 e. The molecule has 0 bridgehead atoms. The zero-order chi connectivity index (χ0) is 13.0. The van der Waals surface area contributed by atoms with Crippen LogP contribution in [0.4, 0.5) is 15.8 Å². The van der Waals surface area contributed by atoms with Gasteiger partial charge in [-0.05, 0) is 31.2 Å². The number of benzene rings is 1. The first-order valence-electron chi connectivity index (χ1n) is 5.90. The molecule has 0 amide bonds. The predicted octanol–water partition coefficient (Wildman–Crippen LogP) is 2.83. The van der Waals surface area contributed by atoms with Crippen molar-refractivity contribution in [3.05, 3.63) is 54.1 Å². The van der Waals surface area contributed by atoms with Gasteiger partial charge in [-0.2, -0.15) is 0 Å². The Bertz CT molecular complexity index is 528. The fourth-order valence-electron chi connectivity index (χ4n) is 1.85. The average Bonchev–Trinajstić information content (AvgIpc) is 2.37. The van der Waals surface area contributed by atoms with Crippen LogP contribution in [-0.2, 0) is 6.54 Å². The Morgan fingerprint density at radius 3 is 2.72 bits per heavy atom. The van der Waals surface area contributed by atoms with Gasteiger partial charge in [0.15, 0.2) is 0 Å². The Morgan fingerprint density at radius 2 is 2.06 bits per heavy atom. The molecule has 2 aromatic rings. The summed E-state index contributed by atoms with van der Waals surface area (Å²) in [5.74, 6) is -0.219. The molecule has 0 atom stereocenters. The Kier molecular flexibility index (Phi) is 3.77. The molecule has 0 unspecified atom stereocenters. The minimum absolute atomic E-state index is 0.219. The van der Waals surface area contributed by atoms with E-state index in [0.29, 0.717) is 24.5 Å². The van der Waals surface area contributed by atoms with Crippen molar-refractivity contribution in [2.24, 2.45) is 0 Å². The van der Waals surface area contributed by atoms with E-state index < -0.39 is 0 Å². The number of hydrogen-bond acceptors (Lipinski definition) is 3. The summed E-state index contributed by atoms with van der Waals surface area (Å²) in [4.78, 5) is 6.17. The van der Waals surface area contributed by atoms with Crippen molar-refractivity contribution in [2.45, 2.75) is 13.5 Å². The summed E-state index contributed by atoms with van der Waals surface area (Å²) < 4.78 is 13.7. The molecule has 1 aromatic heterocycles. The Morgan fingerprint density at radius 1 is 1.28 bits per heavy atom. The zero-order valence-corrected chi connectivity index (χ0v) is 10.3. The van der Waals surface area contributed by atoms with Crippen molar-refractivity contribution in [3.8, 4) is 0 Å². The standard InChI is InChI=1S/C14H16FN3/c1-2-18(14-6-4-3-5-13(14)15)10-12-9-11(16)7-8-17-12/h3-9H,2,10H2,1H3,(H2,16,17). The van der Waals surface area contributed by atoms with Crippen LogP contribution in [0.3, 0.4) is 0 Å². The maximum absolute atomic E-state index is 13.7. The van der Waals surface area contributed by atoms with E-state index in [1.165, 1.54) is 6.07 Å². The second-order valence-corrected chi connectivity index (χ2v) is 4.05. The lowest BCUT2D eigenvalue weighted by molar-refractivity contribution is 0.617. The number of aromatic nitrogens is 1. The van der Waals surface area contributed by atoms with Crippen LogP contribution in [0.5, 0.6) is 0 Å². The third-order valence-electron chi connectivity index (χ3n) is 2.77. The molecule has 3 nitrogen and oxygen atoms in total. The van der Waals surface area contributed by atoms with Gasteiger partial charge in [0.1, 0.15) is 5.82 Å². The highest BCUT2D eigenvalue weighted by molar-refractivity contribution is 5.48. The van der Waals surface area contributed by atoms with Crippen LogP contribution in [0.2, 0.25) is 0 Å². The Hall–Kier alpha value is -2.10. The zero-order valence-electron chi connectivity index (χ0n) is 10.3. The molecule has 2 rings (SSSR count). The maximum Gasteiger partial charge on any atom is 0.146 e. The van der Waals surface area contributed by atoms with Crippen molar-refractivity contribution in [1.82, 2.24) is 4.98 Å². The maximum atomic E-state index is 13.7. The third-order valence-corrected chi connectivity index (χ3v) is 2.77. The summed E-state index contributed by atoms with van der Waals surface area (Å²) >= 11 is 0. The fourth-order valence-corrected chi connectivity index (χ4v) is 1.85. The first kappa shape index (κ1) is 12.4. The normalized spacial score (nSPS) is 10.3. The number of rotatable bonds is 4. The van der Waals surface area contributed by atoms with Gasteiger partial charge in [-0.15, -0.1) is 0 Å². The van der Waals surface area contributed by atoms with Crippen molar-refractivity contribution in [2.75, 3.05) is 17.2 Å². The quantitative estimate of drug-likeness (QED) is 0.900. The SMILES string of the molecule is CCN(Cc1cc(N)ccn1)c1ccccc1F. The topological polar surface area (TPSA) is 42.1 Å². The lowest BCUT2D eigenvalue weighted by Crippen LogP contribution is -2.23. The highest BCUT2D eigenvalue weighted by Gasteiger charge is 2.10. The molecule has 0 saturated heterocycles. The van der Waals surface area contributed by atoms with Crippen LogP contribution in [0.25, 0.3) is 0 Å². The van der Waals surface area contributed by atoms with Gasteiger partial charge in [-0.3, -0.25) is 4.98 Å². The highest BCUT2D eigenvalue weighted by Crippen LogP contribution is 2.20. The van der Waals surface area contributed by atoms with Gasteiger partial charge in [0.25, 0.3) is 0 Å². The number of para-hydroxylation sites is 1. The van der Waals surface area contributed by atoms with Gasteiger partial charge >= 0.3 is 0 Å². The van der Waals surface area contributed by atoms with Crippen molar-refractivity contribution in [1.29, 1.82) is 0 Å². The average molecular weight is 245 g/mol. The summed E-state index contributed by atoms with van der Waals surface area (Å²) in [5, 5.41) is 0. The van der Waals surface area contributed by atoms with E-state index in [-0.39, 0.29) is 5.82 Å². The Balaban J connectivity index is 2.23. The van der Waals surface area contributed by atoms with E-state index in [0.717, 1.165) is 5.69 Å². The fraction of sp³-hybridized carbons (Fsp3) is 0.214. The van der Waals surface area contributed by atoms with E-state index in [2.05, 4.69) is 4.98 Å². The number of halogens is 1. The molecule has 0 fully saturated rings. The van der Waals surface area contributed by atoms with Crippen molar-refractivity contribution in [3.63, 3.8) is 0 Å². The molecule has 4 heteroatoms. The lowest BCUT2D eigenvalue weighted by Gasteiger charge is -2.23. The van der Waals surface area contributed by atoms with Gasteiger partial charge < -0.3 is 10.6 Å². The summed E-state index contributed by atoms with van der Waals surface area (Å²) in [6.45, 7) is 3.23. The summed E-state index contributed by atoms with van der Waals surface area (Å²) in [6.07, 6.45) is 1.67. The summed E-state index contributed by atoms with van der Waals surface area (Å²) in [5.41, 5.74) is 7.80. The molecule has 0 aliphatic carbocycles. The van der Waals surface area contributed by atoms with Crippen molar-refractivity contribution < 1.29 is 4.39 Å². The molecule has 18 heavy (non-hydrogen) atoms. The molecular weight excluding hydrogens is 229 g/mol. The molecule has 1 heterocycles.